The van der Waals surface area contributed by atoms with Crippen LogP contribution in [0, 0.1) is 5.92 Å². The zero-order valence-corrected chi connectivity index (χ0v) is 11.2. The van der Waals surface area contributed by atoms with Crippen molar-refractivity contribution in [2.24, 2.45) is 5.92 Å². The number of hydrogen-bond donors (Lipinski definition) is 1. The van der Waals surface area contributed by atoms with Crippen LogP contribution in [0.2, 0.25) is 0 Å². The van der Waals surface area contributed by atoms with Gasteiger partial charge in [-0.3, -0.25) is 0 Å². The number of nitrogens with one attached hydrogen (secondary N) is 1. The van der Waals surface area contributed by atoms with Gasteiger partial charge in [-0.1, -0.05) is 25.6 Å². The van der Waals surface area contributed by atoms with Gasteiger partial charge in [0.1, 0.15) is 4.34 Å². The fourth-order valence-corrected chi connectivity index (χ4v) is 2.89. The highest BCUT2D eigenvalue weighted by molar-refractivity contribution is 8.00. The van der Waals surface area contributed by atoms with Crippen molar-refractivity contribution in [3.63, 3.8) is 0 Å². The summed E-state index contributed by atoms with van der Waals surface area (Å²) < 4.78 is 1.20. The molecule has 0 aliphatic carbocycles. The summed E-state index contributed by atoms with van der Waals surface area (Å²) in [7, 11) is 0. The molecule has 0 unspecified atom stereocenters. The number of aromatic nitrogens is 1. The van der Waals surface area contributed by atoms with E-state index in [1.54, 1.807) is 11.3 Å². The van der Waals surface area contributed by atoms with Gasteiger partial charge in [0.25, 0.3) is 0 Å². The molecule has 0 spiro atoms. The Morgan fingerprint density at radius 2 is 2.33 bits per heavy atom. The summed E-state index contributed by atoms with van der Waals surface area (Å²) in [6.45, 7) is 6.77. The smallest absolute Gasteiger partial charge is 0.149 e. The molecule has 15 heavy (non-hydrogen) atoms. The van der Waals surface area contributed by atoms with E-state index >= 15 is 0 Å². The van der Waals surface area contributed by atoms with Crippen LogP contribution in [0.5, 0.6) is 0 Å². The molecule has 1 aromatic heterocycles. The Morgan fingerprint density at radius 1 is 1.47 bits per heavy atom. The van der Waals surface area contributed by atoms with Gasteiger partial charge >= 0.3 is 0 Å². The van der Waals surface area contributed by atoms with Crippen molar-refractivity contribution >= 4 is 23.1 Å². The number of thioether (sulfide) groups is 1. The number of nitrogens with zero attached hydrogens (tertiary/aromatic N) is 1. The number of unbranched alkanes of at least 4 members (excludes halogenated alkanes) is 1. The second-order valence-electron chi connectivity index (χ2n) is 3.95. The Balaban J connectivity index is 1.85. The molecule has 0 aliphatic heterocycles. The Labute approximate surface area is 101 Å². The molecule has 86 valence electrons. The number of hydrogen-bond acceptors (Lipinski definition) is 4. The average molecular weight is 244 g/mol. The van der Waals surface area contributed by atoms with Gasteiger partial charge in [0, 0.05) is 17.3 Å². The minimum Gasteiger partial charge on any atom is -0.316 e. The molecule has 0 fully saturated rings. The van der Waals surface area contributed by atoms with Crippen LogP contribution in [0.1, 0.15) is 26.7 Å². The molecule has 0 atom stereocenters. The summed E-state index contributed by atoms with van der Waals surface area (Å²) in [4.78, 5) is 4.24. The molecule has 1 aromatic rings. The quantitative estimate of drug-likeness (QED) is 0.561. The third-order valence-electron chi connectivity index (χ3n) is 1.94. The monoisotopic (exact) mass is 244 g/mol. The summed E-state index contributed by atoms with van der Waals surface area (Å²) in [5.41, 5.74) is 0. The maximum atomic E-state index is 4.24. The van der Waals surface area contributed by atoms with Crippen LogP contribution in [0.4, 0.5) is 0 Å². The van der Waals surface area contributed by atoms with Crippen molar-refractivity contribution in [1.29, 1.82) is 0 Å². The van der Waals surface area contributed by atoms with E-state index in [0.717, 1.165) is 19.0 Å². The van der Waals surface area contributed by atoms with Crippen molar-refractivity contribution in [3.8, 4) is 0 Å². The van der Waals surface area contributed by atoms with Gasteiger partial charge in [0.15, 0.2) is 0 Å². The van der Waals surface area contributed by atoms with Crippen LogP contribution in [-0.2, 0) is 0 Å². The molecule has 0 bridgehead atoms. The highest BCUT2D eigenvalue weighted by Crippen LogP contribution is 2.20. The maximum Gasteiger partial charge on any atom is 0.149 e. The molecule has 4 heteroatoms. The van der Waals surface area contributed by atoms with E-state index in [2.05, 4.69) is 24.1 Å². The molecule has 0 aliphatic rings. The molecule has 0 aromatic carbocycles. The van der Waals surface area contributed by atoms with E-state index in [1.165, 1.54) is 22.9 Å². The zero-order valence-electron chi connectivity index (χ0n) is 9.53. The number of rotatable bonds is 8. The summed E-state index contributed by atoms with van der Waals surface area (Å²) >= 11 is 3.60. The minimum absolute atomic E-state index is 0.759. The molecule has 2 nitrogen and oxygen atoms in total. The standard InChI is InChI=1S/C11H20N2S2/c1-10(2)9-12-5-3-4-7-14-11-13-6-8-15-11/h6,8,10,12H,3-5,7,9H2,1-2H3. The Kier molecular flexibility index (Phi) is 7.05. The maximum absolute atomic E-state index is 4.24. The van der Waals surface area contributed by atoms with Gasteiger partial charge in [-0.15, -0.1) is 11.3 Å². The van der Waals surface area contributed by atoms with Gasteiger partial charge in [-0.25, -0.2) is 4.98 Å². The van der Waals surface area contributed by atoms with Crippen LogP contribution >= 0.6 is 23.1 Å². The number of thiazole rings is 1. The Hall–Kier alpha value is -0.0600. The molecule has 0 saturated carbocycles. The third-order valence-corrected chi connectivity index (χ3v) is 3.99. The highest BCUT2D eigenvalue weighted by atomic mass is 32.2. The minimum atomic E-state index is 0.759. The predicted octanol–water partition coefficient (Wildman–Crippen LogP) is 3.26. The topological polar surface area (TPSA) is 24.9 Å². The van der Waals surface area contributed by atoms with Gasteiger partial charge in [-0.05, 0) is 31.8 Å². The van der Waals surface area contributed by atoms with E-state index < -0.39 is 0 Å². The first kappa shape index (κ1) is 13.0. The van der Waals surface area contributed by atoms with E-state index in [0.29, 0.717) is 0 Å². The van der Waals surface area contributed by atoms with E-state index in [1.807, 2.05) is 23.3 Å². The van der Waals surface area contributed by atoms with Crippen LogP contribution in [0.15, 0.2) is 15.9 Å². The highest BCUT2D eigenvalue weighted by Gasteiger charge is 1.96. The van der Waals surface area contributed by atoms with Gasteiger partial charge < -0.3 is 5.32 Å². The Morgan fingerprint density at radius 3 is 3.00 bits per heavy atom. The van der Waals surface area contributed by atoms with E-state index in [4.69, 9.17) is 0 Å². The molecule has 0 radical (unpaired) electrons. The molecule has 1 rings (SSSR count). The van der Waals surface area contributed by atoms with Gasteiger partial charge in [-0.2, -0.15) is 0 Å². The first-order valence-corrected chi connectivity index (χ1v) is 7.38. The van der Waals surface area contributed by atoms with Crippen molar-refractivity contribution in [3.05, 3.63) is 11.6 Å². The normalized spacial score (nSPS) is 11.1. The second-order valence-corrected chi connectivity index (χ2v) is 6.19. The van der Waals surface area contributed by atoms with Gasteiger partial charge in [0.05, 0.1) is 0 Å². The summed E-state index contributed by atoms with van der Waals surface area (Å²) in [6, 6.07) is 0. The summed E-state index contributed by atoms with van der Waals surface area (Å²) in [5, 5.41) is 5.49. The van der Waals surface area contributed by atoms with Crippen molar-refractivity contribution in [1.82, 2.24) is 10.3 Å². The lowest BCUT2D eigenvalue weighted by atomic mass is 10.2. The van der Waals surface area contributed by atoms with Gasteiger partial charge in [0.2, 0.25) is 0 Å². The fraction of sp³-hybridized carbons (Fsp3) is 0.727. The molecular weight excluding hydrogens is 224 g/mol. The molecular formula is C11H20N2S2. The molecule has 0 saturated heterocycles. The third kappa shape index (κ3) is 6.93. The molecule has 1 N–H and O–H groups in total. The van der Waals surface area contributed by atoms with E-state index in [9.17, 15) is 0 Å². The SMILES string of the molecule is CC(C)CNCCCCSc1nccs1. The largest absolute Gasteiger partial charge is 0.316 e. The lowest BCUT2D eigenvalue weighted by molar-refractivity contribution is 0.541. The van der Waals surface area contributed by atoms with Crippen molar-refractivity contribution in [2.75, 3.05) is 18.8 Å². The lowest BCUT2D eigenvalue weighted by Gasteiger charge is -2.06. The summed E-state index contributed by atoms with van der Waals surface area (Å²) in [6.07, 6.45) is 4.41. The first-order chi connectivity index (χ1) is 7.29. The van der Waals surface area contributed by atoms with Crippen molar-refractivity contribution < 1.29 is 0 Å². The van der Waals surface area contributed by atoms with Crippen LogP contribution in [0.3, 0.4) is 0 Å². The van der Waals surface area contributed by atoms with E-state index in [-0.39, 0.29) is 0 Å². The zero-order chi connectivity index (χ0) is 10.9. The van der Waals surface area contributed by atoms with Crippen LogP contribution < -0.4 is 5.32 Å². The lowest BCUT2D eigenvalue weighted by Crippen LogP contribution is -2.20. The van der Waals surface area contributed by atoms with Crippen LogP contribution in [-0.4, -0.2) is 23.8 Å². The first-order valence-electron chi connectivity index (χ1n) is 5.52. The Bertz CT molecular complexity index is 235. The second kappa shape index (κ2) is 8.13. The molecule has 1 heterocycles. The molecule has 0 amide bonds. The predicted molar refractivity (Wildman–Crippen MR) is 69.8 cm³/mol. The van der Waals surface area contributed by atoms with Crippen LogP contribution in [0.25, 0.3) is 0 Å². The van der Waals surface area contributed by atoms with Crippen molar-refractivity contribution in [2.45, 2.75) is 31.0 Å². The average Bonchev–Trinajstić information content (AvgIpc) is 2.68. The summed E-state index contributed by atoms with van der Waals surface area (Å²) in [5.74, 6) is 1.95. The fourth-order valence-electron chi connectivity index (χ4n) is 1.18.